The van der Waals surface area contributed by atoms with Crippen LogP contribution in [0.25, 0.3) is 5.76 Å². The summed E-state index contributed by atoms with van der Waals surface area (Å²) in [6, 6.07) is 17.7. The van der Waals surface area contributed by atoms with Crippen LogP contribution in [0, 0.1) is 0 Å². The molecule has 4 rings (SSSR count). The van der Waals surface area contributed by atoms with Crippen molar-refractivity contribution in [2.45, 2.75) is 13.0 Å². The SMILES string of the molecule is COc1ccc(Cl)c(/C(O)=C2\C(=O)C(=O)N(c3cccc(NC(C)=O)c3)C2c2ccc(N(C)C)cc2)c1. The second-order valence-electron chi connectivity index (χ2n) is 8.73. The van der Waals surface area contributed by atoms with E-state index in [4.69, 9.17) is 16.3 Å². The van der Waals surface area contributed by atoms with E-state index in [0.717, 1.165) is 5.69 Å². The van der Waals surface area contributed by atoms with Gasteiger partial charge in [0.1, 0.15) is 11.5 Å². The Bertz CT molecular complexity index is 1420. The molecule has 37 heavy (non-hydrogen) atoms. The van der Waals surface area contributed by atoms with E-state index in [9.17, 15) is 19.5 Å². The number of nitrogens with zero attached hydrogens (tertiary/aromatic N) is 2. The summed E-state index contributed by atoms with van der Waals surface area (Å²) in [5, 5.41) is 14.3. The monoisotopic (exact) mass is 519 g/mol. The number of amides is 2. The lowest BCUT2D eigenvalue weighted by Gasteiger charge is -2.26. The van der Waals surface area contributed by atoms with Crippen molar-refractivity contribution >= 4 is 52.0 Å². The average Bonchev–Trinajstić information content (AvgIpc) is 3.14. The molecule has 8 nitrogen and oxygen atoms in total. The van der Waals surface area contributed by atoms with Gasteiger partial charge in [-0.1, -0.05) is 29.8 Å². The number of hydrogen-bond donors (Lipinski definition) is 2. The van der Waals surface area contributed by atoms with Gasteiger partial charge in [-0.05, 0) is 54.1 Å². The lowest BCUT2D eigenvalue weighted by molar-refractivity contribution is -0.132. The van der Waals surface area contributed by atoms with E-state index in [1.165, 1.54) is 25.0 Å². The van der Waals surface area contributed by atoms with E-state index >= 15 is 0 Å². The Labute approximate surface area is 219 Å². The third-order valence-corrected chi connectivity index (χ3v) is 6.37. The van der Waals surface area contributed by atoms with Gasteiger partial charge in [0, 0.05) is 43.6 Å². The summed E-state index contributed by atoms with van der Waals surface area (Å²) in [6.45, 7) is 1.38. The highest BCUT2D eigenvalue weighted by Crippen LogP contribution is 2.44. The Morgan fingerprint density at radius 1 is 1.05 bits per heavy atom. The van der Waals surface area contributed by atoms with Crippen molar-refractivity contribution in [3.05, 3.63) is 88.5 Å². The van der Waals surface area contributed by atoms with Crippen LogP contribution in [0.4, 0.5) is 17.1 Å². The van der Waals surface area contributed by atoms with Gasteiger partial charge < -0.3 is 20.1 Å². The number of carbonyl (C=O) groups is 3. The number of ether oxygens (including phenoxy) is 1. The highest BCUT2D eigenvalue weighted by atomic mass is 35.5. The zero-order valence-electron chi connectivity index (χ0n) is 20.8. The number of benzene rings is 3. The van der Waals surface area contributed by atoms with Crippen molar-refractivity contribution in [2.75, 3.05) is 36.3 Å². The summed E-state index contributed by atoms with van der Waals surface area (Å²) in [4.78, 5) is 41.7. The van der Waals surface area contributed by atoms with Crippen molar-refractivity contribution in [2.24, 2.45) is 0 Å². The molecule has 1 aliphatic heterocycles. The van der Waals surface area contributed by atoms with Crippen LogP contribution in [0.3, 0.4) is 0 Å². The minimum Gasteiger partial charge on any atom is -0.507 e. The molecule has 1 fully saturated rings. The first-order valence-electron chi connectivity index (χ1n) is 11.4. The minimum atomic E-state index is -0.953. The normalized spacial score (nSPS) is 16.6. The van der Waals surface area contributed by atoms with Crippen LogP contribution >= 0.6 is 11.6 Å². The van der Waals surface area contributed by atoms with Gasteiger partial charge in [-0.25, -0.2) is 0 Å². The summed E-state index contributed by atoms with van der Waals surface area (Å²) in [7, 11) is 5.28. The van der Waals surface area contributed by atoms with E-state index in [2.05, 4.69) is 5.32 Å². The van der Waals surface area contributed by atoms with Crippen LogP contribution < -0.4 is 19.9 Å². The largest absolute Gasteiger partial charge is 0.507 e. The molecule has 3 aromatic rings. The molecule has 1 unspecified atom stereocenters. The Hall–Kier alpha value is -4.30. The molecule has 0 radical (unpaired) electrons. The van der Waals surface area contributed by atoms with Crippen LogP contribution in [-0.4, -0.2) is 43.9 Å². The average molecular weight is 520 g/mol. The summed E-state index contributed by atoms with van der Waals surface area (Å²) < 4.78 is 5.26. The number of nitrogens with one attached hydrogen (secondary N) is 1. The van der Waals surface area contributed by atoms with Gasteiger partial charge in [0.05, 0.1) is 23.7 Å². The minimum absolute atomic E-state index is 0.109. The molecule has 0 aromatic heterocycles. The fourth-order valence-corrected chi connectivity index (χ4v) is 4.47. The molecule has 9 heteroatoms. The number of aliphatic hydroxyl groups excluding tert-OH is 1. The zero-order chi connectivity index (χ0) is 26.9. The zero-order valence-corrected chi connectivity index (χ0v) is 21.5. The molecular formula is C28H26ClN3O5. The molecule has 1 atom stereocenters. The molecule has 3 aromatic carbocycles. The Morgan fingerprint density at radius 2 is 1.76 bits per heavy atom. The molecule has 190 valence electrons. The summed E-state index contributed by atoms with van der Waals surface area (Å²) in [5.74, 6) is -1.94. The third-order valence-electron chi connectivity index (χ3n) is 6.04. The second-order valence-corrected chi connectivity index (χ2v) is 9.14. The van der Waals surface area contributed by atoms with E-state index in [1.807, 2.05) is 31.1 Å². The highest BCUT2D eigenvalue weighted by Gasteiger charge is 2.47. The third kappa shape index (κ3) is 5.01. The van der Waals surface area contributed by atoms with E-state index in [1.54, 1.807) is 48.5 Å². The van der Waals surface area contributed by atoms with Gasteiger partial charge >= 0.3 is 0 Å². The van der Waals surface area contributed by atoms with Gasteiger partial charge in [0.15, 0.2) is 0 Å². The first-order valence-corrected chi connectivity index (χ1v) is 11.8. The molecule has 2 N–H and O–H groups in total. The molecule has 1 aliphatic rings. The fraction of sp³-hybridized carbons (Fsp3) is 0.179. The standard InChI is InChI=1S/C28H26ClN3O5/c1-16(33)30-18-6-5-7-20(14-18)32-25(17-8-10-19(11-9-17)31(2)3)24(27(35)28(32)36)26(34)22-15-21(37-4)12-13-23(22)29/h5-15,25,34H,1-4H3,(H,30,33)/b26-24+. The lowest BCUT2D eigenvalue weighted by Crippen LogP contribution is -2.29. The first kappa shape index (κ1) is 25.8. The molecule has 0 bridgehead atoms. The highest BCUT2D eigenvalue weighted by molar-refractivity contribution is 6.52. The number of aliphatic hydroxyl groups is 1. The molecule has 0 spiro atoms. The number of anilines is 3. The van der Waals surface area contributed by atoms with Gasteiger partial charge in [0.2, 0.25) is 5.91 Å². The Morgan fingerprint density at radius 3 is 2.38 bits per heavy atom. The lowest BCUT2D eigenvalue weighted by atomic mass is 9.94. The van der Waals surface area contributed by atoms with E-state index in [-0.39, 0.29) is 22.1 Å². The Balaban J connectivity index is 1.94. The Kier molecular flexibility index (Phi) is 7.22. The number of methoxy groups -OCH3 is 1. The van der Waals surface area contributed by atoms with Crippen LogP contribution in [0.2, 0.25) is 5.02 Å². The molecule has 1 heterocycles. The predicted octanol–water partition coefficient (Wildman–Crippen LogP) is 5.00. The number of hydrogen-bond acceptors (Lipinski definition) is 6. The van der Waals surface area contributed by atoms with Gasteiger partial charge in [0.25, 0.3) is 11.7 Å². The first-order chi connectivity index (χ1) is 17.6. The van der Waals surface area contributed by atoms with Gasteiger partial charge in [-0.15, -0.1) is 0 Å². The number of Topliss-reactive ketones (excluding diaryl/α,β-unsaturated/α-hetero) is 1. The van der Waals surface area contributed by atoms with Crippen molar-refractivity contribution in [3.8, 4) is 5.75 Å². The molecule has 0 aliphatic carbocycles. The molecular weight excluding hydrogens is 494 g/mol. The maximum atomic E-state index is 13.4. The van der Waals surface area contributed by atoms with E-state index in [0.29, 0.717) is 22.7 Å². The van der Waals surface area contributed by atoms with Gasteiger partial charge in [-0.2, -0.15) is 0 Å². The summed E-state index contributed by atoms with van der Waals surface area (Å²) >= 11 is 6.38. The smallest absolute Gasteiger partial charge is 0.300 e. The van der Waals surface area contributed by atoms with Crippen LogP contribution in [-0.2, 0) is 14.4 Å². The number of rotatable bonds is 6. The molecule has 2 amide bonds. The summed E-state index contributed by atoms with van der Waals surface area (Å²) in [6.07, 6.45) is 0. The topological polar surface area (TPSA) is 99.2 Å². The maximum Gasteiger partial charge on any atom is 0.300 e. The van der Waals surface area contributed by atoms with Crippen molar-refractivity contribution < 1.29 is 24.2 Å². The second kappa shape index (κ2) is 10.4. The quantitative estimate of drug-likeness (QED) is 0.270. The van der Waals surface area contributed by atoms with Crippen molar-refractivity contribution in [1.82, 2.24) is 0 Å². The maximum absolute atomic E-state index is 13.4. The van der Waals surface area contributed by atoms with Gasteiger partial charge in [-0.3, -0.25) is 19.3 Å². The van der Waals surface area contributed by atoms with Crippen LogP contribution in [0.5, 0.6) is 5.75 Å². The fourth-order valence-electron chi connectivity index (χ4n) is 4.26. The number of halogens is 1. The van der Waals surface area contributed by atoms with Crippen molar-refractivity contribution in [3.63, 3.8) is 0 Å². The molecule has 1 saturated heterocycles. The van der Waals surface area contributed by atoms with E-state index < -0.39 is 23.5 Å². The number of carbonyl (C=O) groups excluding carboxylic acids is 3. The predicted molar refractivity (Wildman–Crippen MR) is 144 cm³/mol. The molecule has 0 saturated carbocycles. The van der Waals surface area contributed by atoms with Crippen molar-refractivity contribution in [1.29, 1.82) is 0 Å². The van der Waals surface area contributed by atoms with Crippen LogP contribution in [0.1, 0.15) is 24.1 Å². The van der Waals surface area contributed by atoms with Crippen LogP contribution in [0.15, 0.2) is 72.3 Å². The number of ketones is 1. The summed E-state index contributed by atoms with van der Waals surface area (Å²) in [5.41, 5.74) is 2.43.